The number of ketones is 1. The Kier molecular flexibility index (Phi) is 4.25. The predicted octanol–water partition coefficient (Wildman–Crippen LogP) is 4.77. The van der Waals surface area contributed by atoms with Crippen LogP contribution in [0.4, 0.5) is 5.69 Å². The van der Waals surface area contributed by atoms with Gasteiger partial charge in [0.2, 0.25) is 0 Å². The Labute approximate surface area is 148 Å². The molecule has 1 aliphatic rings. The van der Waals surface area contributed by atoms with Crippen LogP contribution in [0, 0.1) is 6.92 Å². The van der Waals surface area contributed by atoms with Crippen LogP contribution in [0.2, 0.25) is 0 Å². The van der Waals surface area contributed by atoms with Crippen LogP contribution in [-0.2, 0) is 10.2 Å². The van der Waals surface area contributed by atoms with E-state index in [1.54, 1.807) is 6.08 Å². The molecule has 1 aliphatic heterocycles. The van der Waals surface area contributed by atoms with E-state index in [2.05, 4.69) is 26.0 Å². The minimum absolute atomic E-state index is 0.0159. The lowest BCUT2D eigenvalue weighted by molar-refractivity contribution is -0.110. The maximum atomic E-state index is 12.5. The number of aliphatic hydroxyl groups excluding tert-OH is 1. The lowest BCUT2D eigenvalue weighted by atomic mass is 9.83. The van der Waals surface area contributed by atoms with Gasteiger partial charge in [0, 0.05) is 41.6 Å². The number of hydrogen-bond acceptors (Lipinski definition) is 3. The Morgan fingerprint density at radius 1 is 1.08 bits per heavy atom. The fourth-order valence-electron chi connectivity index (χ4n) is 3.38. The molecule has 0 unspecified atom stereocenters. The number of nitrogens with zero attached hydrogens (tertiary/aromatic N) is 1. The summed E-state index contributed by atoms with van der Waals surface area (Å²) in [5.41, 5.74) is 4.72. The van der Waals surface area contributed by atoms with Gasteiger partial charge in [-0.05, 0) is 18.6 Å². The van der Waals surface area contributed by atoms with Gasteiger partial charge in [0.05, 0.1) is 0 Å². The maximum absolute atomic E-state index is 12.5. The van der Waals surface area contributed by atoms with Gasteiger partial charge in [0.15, 0.2) is 5.78 Å². The summed E-state index contributed by atoms with van der Waals surface area (Å²) >= 11 is 0. The molecule has 128 valence electrons. The molecule has 0 bridgehead atoms. The number of aliphatic hydroxyl groups is 1. The van der Waals surface area contributed by atoms with Crippen molar-refractivity contribution in [1.82, 2.24) is 0 Å². The molecule has 3 heteroatoms. The molecule has 2 aromatic carbocycles. The first-order valence-corrected chi connectivity index (χ1v) is 8.38. The molecule has 0 fully saturated rings. The van der Waals surface area contributed by atoms with Crippen molar-refractivity contribution in [2.24, 2.45) is 0 Å². The van der Waals surface area contributed by atoms with Crippen LogP contribution in [-0.4, -0.2) is 17.9 Å². The van der Waals surface area contributed by atoms with Gasteiger partial charge in [-0.25, -0.2) is 0 Å². The minimum atomic E-state index is -0.256. The van der Waals surface area contributed by atoms with Gasteiger partial charge < -0.3 is 10.0 Å². The summed E-state index contributed by atoms with van der Waals surface area (Å²) in [6.45, 7) is 6.20. The quantitative estimate of drug-likeness (QED) is 0.649. The second-order valence-electron chi connectivity index (χ2n) is 7.03. The highest BCUT2D eigenvalue weighted by Gasteiger charge is 2.38. The Hall–Kier alpha value is -2.81. The zero-order chi connectivity index (χ0) is 18.2. The summed E-state index contributed by atoms with van der Waals surface area (Å²) in [6, 6.07) is 15.6. The molecule has 25 heavy (non-hydrogen) atoms. The van der Waals surface area contributed by atoms with Crippen LogP contribution in [0.25, 0.3) is 5.76 Å². The number of carbonyl (C=O) groups is 1. The molecular weight excluding hydrogens is 310 g/mol. The van der Waals surface area contributed by atoms with Crippen LogP contribution in [0.5, 0.6) is 0 Å². The number of carbonyl (C=O) groups excluding carboxylic acids is 1. The van der Waals surface area contributed by atoms with Gasteiger partial charge in [0.1, 0.15) is 5.76 Å². The summed E-state index contributed by atoms with van der Waals surface area (Å²) in [5.74, 6) is -0.237. The fourth-order valence-corrected chi connectivity index (χ4v) is 3.38. The number of para-hydroxylation sites is 1. The van der Waals surface area contributed by atoms with Gasteiger partial charge in [-0.3, -0.25) is 4.79 Å². The van der Waals surface area contributed by atoms with Crippen LogP contribution < -0.4 is 4.90 Å². The van der Waals surface area contributed by atoms with Gasteiger partial charge in [-0.15, -0.1) is 0 Å². The molecule has 0 aliphatic carbocycles. The molecule has 0 amide bonds. The first-order chi connectivity index (χ1) is 11.8. The van der Waals surface area contributed by atoms with E-state index in [-0.39, 0.29) is 17.0 Å². The lowest BCUT2D eigenvalue weighted by Gasteiger charge is -2.23. The van der Waals surface area contributed by atoms with E-state index < -0.39 is 0 Å². The molecule has 1 N–H and O–H groups in total. The number of fused-ring (bicyclic) bond motifs is 1. The smallest absolute Gasteiger partial charge is 0.184 e. The highest BCUT2D eigenvalue weighted by molar-refractivity contribution is 6.04. The third-order valence-electron chi connectivity index (χ3n) is 4.85. The molecule has 2 aromatic rings. The average Bonchev–Trinajstić information content (AvgIpc) is 2.77. The van der Waals surface area contributed by atoms with Gasteiger partial charge in [-0.1, -0.05) is 61.9 Å². The Balaban J connectivity index is 1.91. The summed E-state index contributed by atoms with van der Waals surface area (Å²) in [4.78, 5) is 14.5. The molecule has 0 aromatic heterocycles. The van der Waals surface area contributed by atoms with E-state index in [1.807, 2.05) is 55.3 Å². The number of allylic oxidation sites excluding steroid dienone is 3. The highest BCUT2D eigenvalue weighted by Crippen LogP contribution is 2.46. The number of benzene rings is 2. The minimum Gasteiger partial charge on any atom is -0.507 e. The van der Waals surface area contributed by atoms with Crippen LogP contribution in [0.1, 0.15) is 30.5 Å². The molecule has 0 saturated heterocycles. The molecule has 0 radical (unpaired) electrons. The predicted molar refractivity (Wildman–Crippen MR) is 103 cm³/mol. The van der Waals surface area contributed by atoms with Crippen LogP contribution in [0.15, 0.2) is 66.4 Å². The van der Waals surface area contributed by atoms with Gasteiger partial charge in [0.25, 0.3) is 0 Å². The van der Waals surface area contributed by atoms with Gasteiger partial charge >= 0.3 is 0 Å². The molecule has 0 spiro atoms. The summed E-state index contributed by atoms with van der Waals surface area (Å²) in [7, 11) is 1.97. The second kappa shape index (κ2) is 6.25. The summed E-state index contributed by atoms with van der Waals surface area (Å²) < 4.78 is 0. The van der Waals surface area contributed by atoms with E-state index in [9.17, 15) is 9.90 Å². The molecular formula is C22H23NO2. The number of hydrogen-bond donors (Lipinski definition) is 1. The second-order valence-corrected chi connectivity index (χ2v) is 7.03. The molecule has 3 rings (SSSR count). The third-order valence-corrected chi connectivity index (χ3v) is 4.85. The Morgan fingerprint density at radius 2 is 1.72 bits per heavy atom. The largest absolute Gasteiger partial charge is 0.507 e. The Bertz CT molecular complexity index is 873. The van der Waals surface area contributed by atoms with E-state index in [0.29, 0.717) is 5.56 Å². The zero-order valence-corrected chi connectivity index (χ0v) is 15.1. The van der Waals surface area contributed by atoms with Crippen molar-refractivity contribution in [3.63, 3.8) is 0 Å². The first kappa shape index (κ1) is 17.0. The standard InChI is InChI=1S/C22H23NO2/c1-15-9-11-16(12-10-15)20(25)13-17(24)14-21-22(2,3)18-7-5-6-8-19(18)23(21)4/h5-14,25H,1-4H3/b20-13-,21-14+. The van der Waals surface area contributed by atoms with Crippen molar-refractivity contribution in [1.29, 1.82) is 0 Å². The monoisotopic (exact) mass is 333 g/mol. The third kappa shape index (κ3) is 3.10. The SMILES string of the molecule is Cc1ccc(/C(O)=C/C(=O)/C=C2/N(C)c3ccccc3C2(C)C)cc1. The van der Waals surface area contributed by atoms with E-state index >= 15 is 0 Å². The summed E-state index contributed by atoms with van der Waals surface area (Å²) in [5, 5.41) is 10.2. The normalized spacial score (nSPS) is 17.7. The molecule has 1 heterocycles. The van der Waals surface area contributed by atoms with E-state index in [4.69, 9.17) is 0 Å². The topological polar surface area (TPSA) is 40.5 Å². The van der Waals surface area contributed by atoms with Crippen molar-refractivity contribution in [3.8, 4) is 0 Å². The van der Waals surface area contributed by atoms with Crippen molar-refractivity contribution in [2.45, 2.75) is 26.2 Å². The summed E-state index contributed by atoms with van der Waals surface area (Å²) in [6.07, 6.45) is 2.90. The average molecular weight is 333 g/mol. The van der Waals surface area contributed by atoms with Crippen LogP contribution in [0.3, 0.4) is 0 Å². The van der Waals surface area contributed by atoms with Crippen molar-refractivity contribution >= 4 is 17.2 Å². The highest BCUT2D eigenvalue weighted by atomic mass is 16.3. The number of rotatable bonds is 3. The number of anilines is 1. The fraction of sp³-hybridized carbons (Fsp3) is 0.227. The van der Waals surface area contributed by atoms with E-state index in [1.165, 1.54) is 11.6 Å². The van der Waals surface area contributed by atoms with Crippen molar-refractivity contribution in [3.05, 3.63) is 83.1 Å². The Morgan fingerprint density at radius 3 is 2.36 bits per heavy atom. The van der Waals surface area contributed by atoms with Crippen molar-refractivity contribution < 1.29 is 9.90 Å². The molecule has 0 atom stereocenters. The molecule has 0 saturated carbocycles. The van der Waals surface area contributed by atoms with Crippen LogP contribution >= 0.6 is 0 Å². The first-order valence-electron chi connectivity index (χ1n) is 8.38. The zero-order valence-electron chi connectivity index (χ0n) is 15.1. The van der Waals surface area contributed by atoms with Gasteiger partial charge in [-0.2, -0.15) is 0 Å². The number of aryl methyl sites for hydroxylation is 1. The number of likely N-dealkylation sites (N-methyl/N-ethyl adjacent to an activating group) is 1. The van der Waals surface area contributed by atoms with Crippen molar-refractivity contribution in [2.75, 3.05) is 11.9 Å². The lowest BCUT2D eigenvalue weighted by Crippen LogP contribution is -2.23. The molecule has 3 nitrogen and oxygen atoms in total. The van der Waals surface area contributed by atoms with E-state index in [0.717, 1.165) is 16.9 Å². The maximum Gasteiger partial charge on any atom is 0.184 e.